The predicted molar refractivity (Wildman–Crippen MR) is 111 cm³/mol. The van der Waals surface area contributed by atoms with E-state index in [1.165, 1.54) is 11.1 Å². The van der Waals surface area contributed by atoms with Gasteiger partial charge in [0.15, 0.2) is 0 Å². The van der Waals surface area contributed by atoms with Gasteiger partial charge in [0.05, 0.1) is 12.7 Å². The molecule has 2 aromatic carbocycles. The lowest BCUT2D eigenvalue weighted by Crippen LogP contribution is -2.43. The molecule has 1 N–H and O–H groups in total. The molecule has 2 unspecified atom stereocenters. The van der Waals surface area contributed by atoms with E-state index in [0.717, 1.165) is 34.4 Å². The van der Waals surface area contributed by atoms with E-state index >= 15 is 0 Å². The third-order valence-electron chi connectivity index (χ3n) is 4.89. The number of β-amino-alcohol motifs (C(OH)–C–C–N with tert-alkyl or cyclic N) is 1. The second-order valence-electron chi connectivity index (χ2n) is 7.36. The maximum Gasteiger partial charge on any atom is 0.125 e. The van der Waals surface area contributed by atoms with Crippen LogP contribution in [0, 0.1) is 20.8 Å². The Balaban J connectivity index is 1.53. The number of rotatable bonds is 6. The number of hydrogen-bond acceptors (Lipinski definition) is 4. The molecule has 1 aliphatic rings. The van der Waals surface area contributed by atoms with Crippen LogP contribution in [0.3, 0.4) is 0 Å². The Morgan fingerprint density at radius 2 is 1.85 bits per heavy atom. The zero-order chi connectivity index (χ0) is 19.4. The van der Waals surface area contributed by atoms with Gasteiger partial charge >= 0.3 is 0 Å². The van der Waals surface area contributed by atoms with Crippen molar-refractivity contribution in [2.24, 2.45) is 0 Å². The van der Waals surface area contributed by atoms with Crippen molar-refractivity contribution >= 4 is 15.9 Å². The van der Waals surface area contributed by atoms with Crippen molar-refractivity contribution < 1.29 is 14.6 Å². The molecule has 1 aliphatic heterocycles. The highest BCUT2D eigenvalue weighted by Gasteiger charge is 2.24. The van der Waals surface area contributed by atoms with Gasteiger partial charge < -0.3 is 14.6 Å². The lowest BCUT2D eigenvalue weighted by molar-refractivity contribution is -0.0459. The third-order valence-corrected chi connectivity index (χ3v) is 5.41. The summed E-state index contributed by atoms with van der Waals surface area (Å²) in [4.78, 5) is 2.25. The minimum absolute atomic E-state index is 0.0431. The Labute approximate surface area is 170 Å². The molecule has 5 heteroatoms. The Morgan fingerprint density at radius 1 is 1.19 bits per heavy atom. The molecule has 1 fully saturated rings. The Kier molecular flexibility index (Phi) is 6.93. The van der Waals surface area contributed by atoms with Crippen molar-refractivity contribution in [2.75, 3.05) is 32.8 Å². The summed E-state index contributed by atoms with van der Waals surface area (Å²) in [7, 11) is 0. The molecule has 0 aromatic heterocycles. The number of aliphatic hydroxyl groups excluding tert-OH is 1. The molecule has 4 nitrogen and oxygen atoms in total. The summed E-state index contributed by atoms with van der Waals surface area (Å²) >= 11 is 3.47. The number of hydrogen-bond donors (Lipinski definition) is 1. The van der Waals surface area contributed by atoms with Gasteiger partial charge in [0.25, 0.3) is 0 Å². The molecular weight excluding hydrogens is 406 g/mol. The molecular formula is C22H28BrNO3. The average molecular weight is 434 g/mol. The molecule has 2 atom stereocenters. The fourth-order valence-corrected chi connectivity index (χ4v) is 3.94. The van der Waals surface area contributed by atoms with Crippen LogP contribution in [0.4, 0.5) is 0 Å². The summed E-state index contributed by atoms with van der Waals surface area (Å²) in [6, 6.07) is 12.5. The van der Waals surface area contributed by atoms with Crippen molar-refractivity contribution in [2.45, 2.75) is 33.0 Å². The number of ether oxygens (including phenoxy) is 2. The van der Waals surface area contributed by atoms with Crippen LogP contribution < -0.4 is 4.74 Å². The minimum Gasteiger partial charge on any atom is -0.490 e. The SMILES string of the molecule is Cc1cc(C)c(OCC(O)CN2CCOC(c3ccc(Br)cc3)C2)c(C)c1. The van der Waals surface area contributed by atoms with Crippen LogP contribution in [-0.2, 0) is 4.74 Å². The molecule has 0 spiro atoms. The van der Waals surface area contributed by atoms with E-state index in [2.05, 4.69) is 52.0 Å². The Bertz CT molecular complexity index is 740. The van der Waals surface area contributed by atoms with E-state index in [0.29, 0.717) is 19.8 Å². The molecule has 0 saturated carbocycles. The van der Waals surface area contributed by atoms with Crippen LogP contribution in [0.2, 0.25) is 0 Å². The van der Waals surface area contributed by atoms with Gasteiger partial charge in [-0.15, -0.1) is 0 Å². The summed E-state index contributed by atoms with van der Waals surface area (Å²) in [5.74, 6) is 0.884. The van der Waals surface area contributed by atoms with Crippen molar-refractivity contribution in [3.05, 3.63) is 63.1 Å². The van der Waals surface area contributed by atoms with E-state index in [4.69, 9.17) is 9.47 Å². The standard InChI is InChI=1S/C22H28BrNO3/c1-15-10-16(2)22(17(3)11-15)27-14-20(25)12-24-8-9-26-21(13-24)18-4-6-19(23)7-5-18/h4-7,10-11,20-21,25H,8-9,12-14H2,1-3H3. The smallest absolute Gasteiger partial charge is 0.125 e. The summed E-state index contributed by atoms with van der Waals surface area (Å²) in [5.41, 5.74) is 4.62. The fraction of sp³-hybridized carbons (Fsp3) is 0.455. The van der Waals surface area contributed by atoms with Gasteiger partial charge in [-0.05, 0) is 49.6 Å². The van der Waals surface area contributed by atoms with Crippen LogP contribution in [0.5, 0.6) is 5.75 Å². The molecule has 1 heterocycles. The highest BCUT2D eigenvalue weighted by Crippen LogP contribution is 2.26. The number of benzene rings is 2. The summed E-state index contributed by atoms with van der Waals surface area (Å²) in [5, 5.41) is 10.5. The molecule has 1 saturated heterocycles. The van der Waals surface area contributed by atoms with E-state index in [1.54, 1.807) is 0 Å². The lowest BCUT2D eigenvalue weighted by atomic mass is 10.1. The van der Waals surface area contributed by atoms with Crippen molar-refractivity contribution in [1.29, 1.82) is 0 Å². The number of nitrogens with zero attached hydrogens (tertiary/aromatic N) is 1. The van der Waals surface area contributed by atoms with Crippen LogP contribution in [0.15, 0.2) is 40.9 Å². The second kappa shape index (κ2) is 9.20. The maximum absolute atomic E-state index is 10.5. The lowest BCUT2D eigenvalue weighted by Gasteiger charge is -2.34. The molecule has 0 aliphatic carbocycles. The summed E-state index contributed by atoms with van der Waals surface area (Å²) in [6.07, 6.45) is -0.490. The van der Waals surface area contributed by atoms with Gasteiger partial charge in [0.1, 0.15) is 18.5 Å². The molecule has 27 heavy (non-hydrogen) atoms. The van der Waals surface area contributed by atoms with E-state index in [9.17, 15) is 5.11 Å². The topological polar surface area (TPSA) is 41.9 Å². The van der Waals surface area contributed by atoms with E-state index < -0.39 is 6.10 Å². The number of morpholine rings is 1. The quantitative estimate of drug-likeness (QED) is 0.741. The fourth-order valence-electron chi connectivity index (χ4n) is 3.67. The first-order valence-electron chi connectivity index (χ1n) is 9.40. The summed E-state index contributed by atoms with van der Waals surface area (Å²) in [6.45, 7) is 9.34. The van der Waals surface area contributed by atoms with Gasteiger partial charge in [-0.3, -0.25) is 4.90 Å². The molecule has 0 amide bonds. The van der Waals surface area contributed by atoms with Crippen molar-refractivity contribution in [1.82, 2.24) is 4.90 Å². The van der Waals surface area contributed by atoms with Crippen molar-refractivity contribution in [3.63, 3.8) is 0 Å². The van der Waals surface area contributed by atoms with Gasteiger partial charge in [0, 0.05) is 24.1 Å². The number of aryl methyl sites for hydroxylation is 3. The largest absolute Gasteiger partial charge is 0.490 e. The van der Waals surface area contributed by atoms with Gasteiger partial charge in [-0.2, -0.15) is 0 Å². The zero-order valence-corrected chi connectivity index (χ0v) is 17.8. The monoisotopic (exact) mass is 433 g/mol. The first-order chi connectivity index (χ1) is 12.9. The van der Waals surface area contributed by atoms with Crippen LogP contribution >= 0.6 is 15.9 Å². The molecule has 3 rings (SSSR count). The third kappa shape index (κ3) is 5.55. The first kappa shape index (κ1) is 20.3. The molecule has 146 valence electrons. The molecule has 0 bridgehead atoms. The van der Waals surface area contributed by atoms with Gasteiger partial charge in [-0.25, -0.2) is 0 Å². The first-order valence-corrected chi connectivity index (χ1v) is 10.2. The summed E-state index contributed by atoms with van der Waals surface area (Å²) < 4.78 is 12.9. The molecule has 2 aromatic rings. The molecule has 0 radical (unpaired) electrons. The highest BCUT2D eigenvalue weighted by atomic mass is 79.9. The highest BCUT2D eigenvalue weighted by molar-refractivity contribution is 9.10. The normalized spacial score (nSPS) is 19.1. The van der Waals surface area contributed by atoms with Crippen LogP contribution in [0.1, 0.15) is 28.4 Å². The van der Waals surface area contributed by atoms with Crippen LogP contribution in [-0.4, -0.2) is 49.0 Å². The van der Waals surface area contributed by atoms with Gasteiger partial charge in [-0.1, -0.05) is 45.8 Å². The second-order valence-corrected chi connectivity index (χ2v) is 8.28. The van der Waals surface area contributed by atoms with Crippen LogP contribution in [0.25, 0.3) is 0 Å². The Morgan fingerprint density at radius 3 is 2.52 bits per heavy atom. The Hall–Kier alpha value is -1.40. The zero-order valence-electron chi connectivity index (χ0n) is 16.2. The average Bonchev–Trinajstić information content (AvgIpc) is 2.61. The van der Waals surface area contributed by atoms with E-state index in [1.807, 2.05) is 26.0 Å². The minimum atomic E-state index is -0.534. The predicted octanol–water partition coefficient (Wildman–Crippen LogP) is 4.19. The van der Waals surface area contributed by atoms with Crippen molar-refractivity contribution in [3.8, 4) is 5.75 Å². The van der Waals surface area contributed by atoms with E-state index in [-0.39, 0.29) is 6.10 Å². The number of aliphatic hydroxyl groups is 1. The maximum atomic E-state index is 10.5. The van der Waals surface area contributed by atoms with Gasteiger partial charge in [0.2, 0.25) is 0 Å². The number of halogens is 1.